The van der Waals surface area contributed by atoms with Crippen molar-refractivity contribution in [1.82, 2.24) is 0 Å². The summed E-state index contributed by atoms with van der Waals surface area (Å²) in [6, 6.07) is 0. The van der Waals surface area contributed by atoms with Crippen LogP contribution in [0, 0.1) is 0 Å². The summed E-state index contributed by atoms with van der Waals surface area (Å²) in [5.41, 5.74) is -0.601. The quantitative estimate of drug-likeness (QED) is 0.428. The number of hydrogen-bond donors (Lipinski definition) is 4. The largest absolute Gasteiger partial charge is 0.394 e. The van der Waals surface area contributed by atoms with Crippen LogP contribution >= 0.6 is 11.8 Å². The van der Waals surface area contributed by atoms with Gasteiger partial charge in [-0.2, -0.15) is 0 Å². The lowest BCUT2D eigenvalue weighted by atomic mass is 10.0. The molecule has 1 aliphatic heterocycles. The first-order chi connectivity index (χ1) is 6.11. The molecule has 13 heavy (non-hydrogen) atoms. The van der Waals surface area contributed by atoms with Crippen molar-refractivity contribution in [3.63, 3.8) is 0 Å². The lowest BCUT2D eigenvalue weighted by Gasteiger charge is -2.39. The zero-order valence-corrected chi connectivity index (χ0v) is 8.02. The molecule has 0 amide bonds. The molecule has 0 radical (unpaired) electrons. The Balaban J connectivity index is 2.66. The van der Waals surface area contributed by atoms with E-state index in [4.69, 9.17) is 9.84 Å². The van der Waals surface area contributed by atoms with E-state index in [9.17, 15) is 15.3 Å². The fourth-order valence-electron chi connectivity index (χ4n) is 1.26. The van der Waals surface area contributed by atoms with Crippen LogP contribution in [0.2, 0.25) is 0 Å². The molecule has 0 unspecified atom stereocenters. The van der Waals surface area contributed by atoms with E-state index in [2.05, 4.69) is 0 Å². The molecule has 0 saturated carbocycles. The normalized spacial score (nSPS) is 46.4. The summed E-state index contributed by atoms with van der Waals surface area (Å²) in [5.74, 6) is 0. The topological polar surface area (TPSA) is 90.2 Å². The van der Waals surface area contributed by atoms with Crippen molar-refractivity contribution >= 4 is 11.8 Å². The summed E-state index contributed by atoms with van der Waals surface area (Å²) in [4.78, 5) is 0. The first-order valence-corrected chi connectivity index (χ1v) is 5.24. The molecule has 6 heteroatoms. The summed E-state index contributed by atoms with van der Waals surface area (Å²) in [5, 5.41) is 36.8. The molecule has 1 heterocycles. The zero-order valence-electron chi connectivity index (χ0n) is 7.20. The molecule has 5 atom stereocenters. The average molecular weight is 210 g/mol. The highest BCUT2D eigenvalue weighted by Gasteiger charge is 2.42. The van der Waals surface area contributed by atoms with Gasteiger partial charge in [0.05, 0.1) is 6.61 Å². The highest BCUT2D eigenvalue weighted by atomic mass is 32.2. The predicted octanol–water partition coefficient (Wildman–Crippen LogP) is -1.85. The van der Waals surface area contributed by atoms with Crippen LogP contribution in [0.25, 0.3) is 0 Å². The van der Waals surface area contributed by atoms with Gasteiger partial charge in [0.1, 0.15) is 29.9 Å². The average Bonchev–Trinajstić information content (AvgIpc) is 2.15. The molecule has 1 saturated heterocycles. The minimum Gasteiger partial charge on any atom is -0.394 e. The molecule has 78 valence electrons. The van der Waals surface area contributed by atoms with Crippen molar-refractivity contribution in [1.29, 1.82) is 0 Å². The Labute approximate surface area is 80.3 Å². The van der Waals surface area contributed by atoms with Crippen LogP contribution in [0.15, 0.2) is 0 Å². The van der Waals surface area contributed by atoms with E-state index in [0.29, 0.717) is 0 Å². The van der Waals surface area contributed by atoms with Gasteiger partial charge in [-0.3, -0.25) is 0 Å². The van der Waals surface area contributed by atoms with Gasteiger partial charge >= 0.3 is 0 Å². The summed E-state index contributed by atoms with van der Waals surface area (Å²) < 4.78 is 5.13. The number of aliphatic hydroxyl groups excluding tert-OH is 4. The predicted molar refractivity (Wildman–Crippen MR) is 47.3 cm³/mol. The standard InChI is InChI=1S/C7H14O5S/c1-13-7-6(11)5(10)4(9)3(2-8)12-7/h3-11H,2H2,1H3/t3-,4-,5-,6-,7-/m0/s1. The Morgan fingerprint density at radius 2 is 1.77 bits per heavy atom. The smallest absolute Gasteiger partial charge is 0.132 e. The van der Waals surface area contributed by atoms with Crippen molar-refractivity contribution in [3.8, 4) is 0 Å². The second kappa shape index (κ2) is 4.59. The fourth-order valence-corrected chi connectivity index (χ4v) is 1.96. The monoisotopic (exact) mass is 210 g/mol. The number of rotatable bonds is 2. The van der Waals surface area contributed by atoms with E-state index < -0.39 is 29.9 Å². The number of ether oxygens (including phenoxy) is 1. The Bertz CT molecular complexity index is 147. The van der Waals surface area contributed by atoms with E-state index in [0.717, 1.165) is 0 Å². The Morgan fingerprint density at radius 1 is 1.15 bits per heavy atom. The SMILES string of the molecule is CS[C@@H]1O[C@@H](CO)[C@H](O)[C@H](O)[C@@H]1O. The first kappa shape index (κ1) is 11.2. The molecule has 1 aliphatic rings. The Hall–Kier alpha value is 0.150. The number of aliphatic hydroxyl groups is 4. The van der Waals surface area contributed by atoms with E-state index in [1.807, 2.05) is 0 Å². The van der Waals surface area contributed by atoms with Crippen molar-refractivity contribution < 1.29 is 25.2 Å². The van der Waals surface area contributed by atoms with Crippen LogP contribution in [-0.4, -0.2) is 63.1 Å². The third-order valence-electron chi connectivity index (χ3n) is 2.08. The van der Waals surface area contributed by atoms with Crippen molar-refractivity contribution in [3.05, 3.63) is 0 Å². The van der Waals surface area contributed by atoms with Crippen LogP contribution < -0.4 is 0 Å². The molecular formula is C7H14O5S. The third-order valence-corrected chi connectivity index (χ3v) is 2.94. The van der Waals surface area contributed by atoms with Gasteiger partial charge in [0, 0.05) is 0 Å². The van der Waals surface area contributed by atoms with Gasteiger partial charge in [-0.05, 0) is 6.26 Å². The summed E-state index contributed by atoms with van der Waals surface area (Å²) in [7, 11) is 0. The van der Waals surface area contributed by atoms with Gasteiger partial charge in [-0.15, -0.1) is 11.8 Å². The van der Waals surface area contributed by atoms with E-state index in [1.165, 1.54) is 11.8 Å². The van der Waals surface area contributed by atoms with Crippen LogP contribution in [0.3, 0.4) is 0 Å². The van der Waals surface area contributed by atoms with Gasteiger partial charge in [0.2, 0.25) is 0 Å². The summed E-state index contributed by atoms with van der Waals surface area (Å²) >= 11 is 1.22. The third kappa shape index (κ3) is 2.15. The van der Waals surface area contributed by atoms with Crippen LogP contribution in [0.1, 0.15) is 0 Å². The zero-order chi connectivity index (χ0) is 10.0. The lowest BCUT2D eigenvalue weighted by Crippen LogP contribution is -2.57. The molecule has 0 aromatic carbocycles. The lowest BCUT2D eigenvalue weighted by molar-refractivity contribution is -0.205. The Morgan fingerprint density at radius 3 is 2.23 bits per heavy atom. The molecule has 4 N–H and O–H groups in total. The minimum absolute atomic E-state index is 0.373. The minimum atomic E-state index is -1.26. The van der Waals surface area contributed by atoms with E-state index >= 15 is 0 Å². The van der Waals surface area contributed by atoms with Gasteiger partial charge in [-0.25, -0.2) is 0 Å². The molecule has 1 fully saturated rings. The molecule has 0 spiro atoms. The highest BCUT2D eigenvalue weighted by Crippen LogP contribution is 2.26. The summed E-state index contributed by atoms with van der Waals surface area (Å²) in [6.07, 6.45) is -2.72. The van der Waals surface area contributed by atoms with Gasteiger partial charge in [0.25, 0.3) is 0 Å². The molecule has 1 rings (SSSR count). The molecule has 5 nitrogen and oxygen atoms in total. The summed E-state index contributed by atoms with van der Waals surface area (Å²) in [6.45, 7) is -0.373. The van der Waals surface area contributed by atoms with Crippen LogP contribution in [-0.2, 0) is 4.74 Å². The van der Waals surface area contributed by atoms with Crippen LogP contribution in [0.5, 0.6) is 0 Å². The maximum Gasteiger partial charge on any atom is 0.132 e. The molecule has 0 aromatic rings. The highest BCUT2D eigenvalue weighted by molar-refractivity contribution is 7.99. The van der Waals surface area contributed by atoms with E-state index in [1.54, 1.807) is 6.26 Å². The van der Waals surface area contributed by atoms with E-state index in [-0.39, 0.29) is 6.61 Å². The van der Waals surface area contributed by atoms with Gasteiger partial charge in [-0.1, -0.05) is 0 Å². The van der Waals surface area contributed by atoms with Gasteiger partial charge < -0.3 is 25.2 Å². The van der Waals surface area contributed by atoms with Crippen LogP contribution in [0.4, 0.5) is 0 Å². The maximum absolute atomic E-state index is 9.38. The second-order valence-corrected chi connectivity index (χ2v) is 3.87. The van der Waals surface area contributed by atoms with Crippen molar-refractivity contribution in [2.45, 2.75) is 29.9 Å². The van der Waals surface area contributed by atoms with Gasteiger partial charge in [0.15, 0.2) is 0 Å². The van der Waals surface area contributed by atoms with Crippen molar-refractivity contribution in [2.75, 3.05) is 12.9 Å². The first-order valence-electron chi connectivity index (χ1n) is 3.95. The molecule has 0 bridgehead atoms. The Kier molecular flexibility index (Phi) is 3.96. The molecule has 0 aliphatic carbocycles. The second-order valence-electron chi connectivity index (χ2n) is 2.93. The molecular weight excluding hydrogens is 196 g/mol. The maximum atomic E-state index is 9.38. The number of hydrogen-bond acceptors (Lipinski definition) is 6. The number of thioether (sulfide) groups is 1. The molecule has 0 aromatic heterocycles. The van der Waals surface area contributed by atoms with Crippen molar-refractivity contribution in [2.24, 2.45) is 0 Å². The fraction of sp³-hybridized carbons (Fsp3) is 1.00.